The second kappa shape index (κ2) is 6.72. The molecule has 0 radical (unpaired) electrons. The van der Waals surface area contributed by atoms with E-state index in [2.05, 4.69) is 10.6 Å². The maximum Gasteiger partial charge on any atom is 0.234 e. The summed E-state index contributed by atoms with van der Waals surface area (Å²) in [6, 6.07) is 6.20. The van der Waals surface area contributed by atoms with E-state index < -0.39 is 5.82 Å². The first-order valence-corrected chi connectivity index (χ1v) is 5.71. The molecule has 1 amide bonds. The molecule has 0 saturated heterocycles. The number of nitrogens with one attached hydrogen (secondary N) is 2. The van der Waals surface area contributed by atoms with Gasteiger partial charge in [-0.25, -0.2) is 4.39 Å². The van der Waals surface area contributed by atoms with Gasteiger partial charge in [-0.05, 0) is 31.5 Å². The molecule has 5 heteroatoms. The zero-order valence-electron chi connectivity index (χ0n) is 10.5. The van der Waals surface area contributed by atoms with Crippen LogP contribution < -0.4 is 10.6 Å². The van der Waals surface area contributed by atoms with Gasteiger partial charge in [-0.1, -0.05) is 6.07 Å². The number of hydrogen-bond donors (Lipinski definition) is 2. The summed E-state index contributed by atoms with van der Waals surface area (Å²) in [6.07, 6.45) is 0. The quantitative estimate of drug-likeness (QED) is 0.827. The highest BCUT2D eigenvalue weighted by Crippen LogP contribution is 2.09. The molecule has 0 aliphatic rings. The molecule has 0 aliphatic heterocycles. The lowest BCUT2D eigenvalue weighted by molar-refractivity contribution is -0.120. The monoisotopic (exact) mass is 249 g/mol. The smallest absolute Gasteiger partial charge is 0.234 e. The number of benzene rings is 1. The molecule has 0 heterocycles. The standard InChI is InChI=1S/C13H16FN3O/c1-9(2)17-13(18)8-16-7-10-3-4-12(14)11(5-10)6-15/h3-5,9,16H,7-8H2,1-2H3,(H,17,18). The van der Waals surface area contributed by atoms with Crippen molar-refractivity contribution in [3.8, 4) is 6.07 Å². The lowest BCUT2D eigenvalue weighted by atomic mass is 10.1. The second-order valence-corrected chi connectivity index (χ2v) is 4.25. The van der Waals surface area contributed by atoms with Crippen LogP contribution in [0.5, 0.6) is 0 Å². The Morgan fingerprint density at radius 1 is 1.50 bits per heavy atom. The van der Waals surface area contributed by atoms with Gasteiger partial charge in [0.05, 0.1) is 12.1 Å². The minimum atomic E-state index is -0.529. The second-order valence-electron chi connectivity index (χ2n) is 4.25. The Balaban J connectivity index is 2.45. The molecular formula is C13H16FN3O. The molecule has 0 fully saturated rings. The largest absolute Gasteiger partial charge is 0.353 e. The van der Waals surface area contributed by atoms with Crippen LogP contribution in [0.1, 0.15) is 25.0 Å². The highest BCUT2D eigenvalue weighted by atomic mass is 19.1. The Morgan fingerprint density at radius 3 is 2.83 bits per heavy atom. The lowest BCUT2D eigenvalue weighted by Gasteiger charge is -2.09. The van der Waals surface area contributed by atoms with Crippen molar-refractivity contribution < 1.29 is 9.18 Å². The predicted octanol–water partition coefficient (Wildman–Crippen LogP) is 1.31. The van der Waals surface area contributed by atoms with Crippen molar-refractivity contribution in [1.82, 2.24) is 10.6 Å². The summed E-state index contributed by atoms with van der Waals surface area (Å²) < 4.78 is 13.1. The summed E-state index contributed by atoms with van der Waals surface area (Å²) in [5.74, 6) is -0.619. The summed E-state index contributed by atoms with van der Waals surface area (Å²) in [4.78, 5) is 11.3. The number of hydrogen-bond acceptors (Lipinski definition) is 3. The van der Waals surface area contributed by atoms with E-state index in [-0.39, 0.29) is 24.1 Å². The SMILES string of the molecule is CC(C)NC(=O)CNCc1ccc(F)c(C#N)c1. The summed E-state index contributed by atoms with van der Waals surface area (Å²) in [6.45, 7) is 4.38. The third-order valence-corrected chi connectivity index (χ3v) is 2.22. The van der Waals surface area contributed by atoms with Crippen LogP contribution in [0.25, 0.3) is 0 Å². The normalized spacial score (nSPS) is 10.2. The van der Waals surface area contributed by atoms with Gasteiger partial charge in [-0.3, -0.25) is 4.79 Å². The fourth-order valence-electron chi connectivity index (χ4n) is 1.46. The van der Waals surface area contributed by atoms with Crippen LogP contribution in [0.4, 0.5) is 4.39 Å². The van der Waals surface area contributed by atoms with Crippen LogP contribution in [-0.4, -0.2) is 18.5 Å². The molecule has 1 rings (SSSR count). The Kier molecular flexibility index (Phi) is 5.28. The van der Waals surface area contributed by atoms with Crippen LogP contribution in [0.2, 0.25) is 0 Å². The van der Waals surface area contributed by atoms with E-state index in [9.17, 15) is 9.18 Å². The Morgan fingerprint density at radius 2 is 2.22 bits per heavy atom. The van der Waals surface area contributed by atoms with E-state index in [1.54, 1.807) is 12.1 Å². The van der Waals surface area contributed by atoms with Crippen molar-refractivity contribution in [3.05, 3.63) is 35.1 Å². The minimum absolute atomic E-state index is 0.0148. The number of carbonyl (C=O) groups excluding carboxylic acids is 1. The predicted molar refractivity (Wildman–Crippen MR) is 66.1 cm³/mol. The number of carbonyl (C=O) groups is 1. The van der Waals surface area contributed by atoms with E-state index in [1.165, 1.54) is 12.1 Å². The van der Waals surface area contributed by atoms with Crippen molar-refractivity contribution in [2.75, 3.05) is 6.54 Å². The van der Waals surface area contributed by atoms with Crippen molar-refractivity contribution >= 4 is 5.91 Å². The van der Waals surface area contributed by atoms with Crippen LogP contribution >= 0.6 is 0 Å². The molecule has 0 unspecified atom stereocenters. The van der Waals surface area contributed by atoms with Gasteiger partial charge >= 0.3 is 0 Å². The number of halogens is 1. The first-order chi connectivity index (χ1) is 8.52. The topological polar surface area (TPSA) is 64.9 Å². The Bertz CT molecular complexity index is 466. The highest BCUT2D eigenvalue weighted by molar-refractivity contribution is 5.78. The average molecular weight is 249 g/mol. The van der Waals surface area contributed by atoms with E-state index in [4.69, 9.17) is 5.26 Å². The van der Waals surface area contributed by atoms with Gasteiger partial charge in [0.1, 0.15) is 11.9 Å². The molecule has 18 heavy (non-hydrogen) atoms. The molecule has 0 bridgehead atoms. The minimum Gasteiger partial charge on any atom is -0.353 e. The molecule has 4 nitrogen and oxygen atoms in total. The highest BCUT2D eigenvalue weighted by Gasteiger charge is 2.04. The van der Waals surface area contributed by atoms with Crippen molar-refractivity contribution in [1.29, 1.82) is 5.26 Å². The Hall–Kier alpha value is -1.93. The zero-order valence-corrected chi connectivity index (χ0v) is 10.5. The van der Waals surface area contributed by atoms with E-state index in [1.807, 2.05) is 13.8 Å². The van der Waals surface area contributed by atoms with Crippen LogP contribution in [-0.2, 0) is 11.3 Å². The molecule has 0 atom stereocenters. The fourth-order valence-corrected chi connectivity index (χ4v) is 1.46. The van der Waals surface area contributed by atoms with Gasteiger partial charge in [0.25, 0.3) is 0 Å². The van der Waals surface area contributed by atoms with Crippen LogP contribution in [0.15, 0.2) is 18.2 Å². The van der Waals surface area contributed by atoms with Gasteiger partial charge in [-0.2, -0.15) is 5.26 Å². The molecule has 0 aromatic heterocycles. The summed E-state index contributed by atoms with van der Waals surface area (Å²) in [7, 11) is 0. The van der Waals surface area contributed by atoms with E-state index in [0.29, 0.717) is 6.54 Å². The first-order valence-electron chi connectivity index (χ1n) is 5.71. The van der Waals surface area contributed by atoms with Crippen molar-refractivity contribution in [2.24, 2.45) is 0 Å². The molecule has 0 saturated carbocycles. The molecule has 0 spiro atoms. The average Bonchev–Trinajstić information content (AvgIpc) is 2.30. The van der Waals surface area contributed by atoms with Gasteiger partial charge in [0.15, 0.2) is 0 Å². The number of amides is 1. The Labute approximate surface area is 106 Å². The van der Waals surface area contributed by atoms with Crippen LogP contribution in [0, 0.1) is 17.1 Å². The van der Waals surface area contributed by atoms with Crippen LogP contribution in [0.3, 0.4) is 0 Å². The fraction of sp³-hybridized carbons (Fsp3) is 0.385. The third-order valence-electron chi connectivity index (χ3n) is 2.22. The maximum atomic E-state index is 13.1. The number of nitrogens with zero attached hydrogens (tertiary/aromatic N) is 1. The summed E-state index contributed by atoms with van der Waals surface area (Å²) in [5, 5.41) is 14.4. The van der Waals surface area contributed by atoms with Gasteiger partial charge in [0.2, 0.25) is 5.91 Å². The summed E-state index contributed by atoms with van der Waals surface area (Å²) in [5.41, 5.74) is 0.784. The first kappa shape index (κ1) is 14.1. The van der Waals surface area contributed by atoms with Crippen molar-refractivity contribution in [2.45, 2.75) is 26.4 Å². The van der Waals surface area contributed by atoms with Gasteiger partial charge < -0.3 is 10.6 Å². The van der Waals surface area contributed by atoms with E-state index in [0.717, 1.165) is 5.56 Å². The van der Waals surface area contributed by atoms with Gasteiger partial charge in [0, 0.05) is 12.6 Å². The summed E-state index contributed by atoms with van der Waals surface area (Å²) >= 11 is 0. The zero-order chi connectivity index (χ0) is 13.5. The van der Waals surface area contributed by atoms with Gasteiger partial charge in [-0.15, -0.1) is 0 Å². The maximum absolute atomic E-state index is 13.1. The molecule has 2 N–H and O–H groups in total. The van der Waals surface area contributed by atoms with E-state index >= 15 is 0 Å². The number of nitriles is 1. The third kappa shape index (κ3) is 4.52. The molecular weight excluding hydrogens is 233 g/mol. The molecule has 1 aromatic carbocycles. The molecule has 0 aliphatic carbocycles. The number of rotatable bonds is 5. The molecule has 1 aromatic rings. The molecule has 96 valence electrons. The van der Waals surface area contributed by atoms with Crippen molar-refractivity contribution in [3.63, 3.8) is 0 Å². The lowest BCUT2D eigenvalue weighted by Crippen LogP contribution is -2.37.